The van der Waals surface area contributed by atoms with Crippen molar-refractivity contribution in [2.45, 2.75) is 19.3 Å². The summed E-state index contributed by atoms with van der Waals surface area (Å²) in [7, 11) is -3.09. The number of hydrogen-bond donors (Lipinski definition) is 1. The molecule has 0 aromatic carbocycles. The number of hydrogen-bond acceptors (Lipinski definition) is 3. The first-order valence-corrected chi connectivity index (χ1v) is 6.78. The third-order valence-corrected chi connectivity index (χ3v) is 4.90. The van der Waals surface area contributed by atoms with Gasteiger partial charge in [0.15, 0.2) is 0 Å². The molecule has 0 aromatic heterocycles. The largest absolute Gasteiger partial charge is 0.481 e. The first kappa shape index (κ1) is 10.9. The predicted molar refractivity (Wildman–Crippen MR) is 53.8 cm³/mol. The molecule has 2 fully saturated rings. The molecule has 1 N–H and O–H groups in total. The van der Waals surface area contributed by atoms with Crippen molar-refractivity contribution in [2.24, 2.45) is 11.8 Å². The fourth-order valence-electron chi connectivity index (χ4n) is 1.81. The highest BCUT2D eigenvalue weighted by Crippen LogP contribution is 2.33. The van der Waals surface area contributed by atoms with E-state index in [-0.39, 0.29) is 18.1 Å². The van der Waals surface area contributed by atoms with Crippen LogP contribution in [-0.2, 0) is 14.8 Å². The van der Waals surface area contributed by atoms with Crippen LogP contribution in [0.5, 0.6) is 0 Å². The second-order valence-electron chi connectivity index (χ2n) is 4.50. The Hall–Kier alpha value is -0.620. The van der Waals surface area contributed by atoms with Gasteiger partial charge in [-0.3, -0.25) is 4.79 Å². The molecule has 0 atom stereocenters. The van der Waals surface area contributed by atoms with Crippen LogP contribution in [0.2, 0.25) is 0 Å². The van der Waals surface area contributed by atoms with E-state index in [4.69, 9.17) is 5.11 Å². The highest BCUT2D eigenvalue weighted by molar-refractivity contribution is 7.89. The Morgan fingerprint density at radius 2 is 1.87 bits per heavy atom. The van der Waals surface area contributed by atoms with Crippen molar-refractivity contribution in [3.05, 3.63) is 0 Å². The van der Waals surface area contributed by atoms with Gasteiger partial charge in [-0.2, -0.15) is 0 Å². The van der Waals surface area contributed by atoms with Crippen molar-refractivity contribution in [1.29, 1.82) is 0 Å². The van der Waals surface area contributed by atoms with Crippen LogP contribution in [0.1, 0.15) is 19.3 Å². The maximum absolute atomic E-state index is 11.7. The molecular weight excluding hydrogens is 218 g/mol. The summed E-state index contributed by atoms with van der Waals surface area (Å²) in [6.45, 7) is 0.780. The van der Waals surface area contributed by atoms with Crippen LogP contribution >= 0.6 is 0 Å². The number of rotatable bonds is 5. The van der Waals surface area contributed by atoms with Crippen molar-refractivity contribution in [3.63, 3.8) is 0 Å². The van der Waals surface area contributed by atoms with Gasteiger partial charge >= 0.3 is 5.97 Å². The second-order valence-corrected chi connectivity index (χ2v) is 6.52. The maximum atomic E-state index is 11.7. The van der Waals surface area contributed by atoms with Gasteiger partial charge in [-0.1, -0.05) is 0 Å². The van der Waals surface area contributed by atoms with E-state index in [9.17, 15) is 13.2 Å². The van der Waals surface area contributed by atoms with E-state index < -0.39 is 16.0 Å². The van der Waals surface area contributed by atoms with Gasteiger partial charge in [0.25, 0.3) is 0 Å². The first-order chi connectivity index (χ1) is 6.97. The fraction of sp³-hybridized carbons (Fsp3) is 0.889. The summed E-state index contributed by atoms with van der Waals surface area (Å²) in [5, 5.41) is 8.53. The van der Waals surface area contributed by atoms with Gasteiger partial charge in [0.1, 0.15) is 0 Å². The molecule has 15 heavy (non-hydrogen) atoms. The van der Waals surface area contributed by atoms with Crippen LogP contribution in [0.25, 0.3) is 0 Å². The summed E-state index contributed by atoms with van der Waals surface area (Å²) in [4.78, 5) is 10.4. The highest BCUT2D eigenvalue weighted by atomic mass is 32.2. The van der Waals surface area contributed by atoms with Crippen molar-refractivity contribution >= 4 is 16.0 Å². The summed E-state index contributed by atoms with van der Waals surface area (Å²) in [6.07, 6.45) is 2.12. The Bertz CT molecular complexity index is 354. The molecule has 0 bridgehead atoms. The van der Waals surface area contributed by atoms with E-state index in [1.54, 1.807) is 0 Å². The Kier molecular flexibility index (Phi) is 2.72. The number of carboxylic acids is 1. The number of carboxylic acid groups (broad SMARTS) is 1. The molecule has 0 aromatic rings. The van der Waals surface area contributed by atoms with Gasteiger partial charge in [0.05, 0.1) is 12.2 Å². The number of aliphatic carboxylic acids is 1. The van der Waals surface area contributed by atoms with Gasteiger partial charge in [-0.15, -0.1) is 0 Å². The van der Waals surface area contributed by atoms with Crippen LogP contribution in [0.15, 0.2) is 0 Å². The van der Waals surface area contributed by atoms with Gasteiger partial charge in [-0.05, 0) is 24.7 Å². The topological polar surface area (TPSA) is 74.7 Å². The van der Waals surface area contributed by atoms with E-state index in [1.807, 2.05) is 0 Å². The Morgan fingerprint density at radius 3 is 2.33 bits per heavy atom. The first-order valence-electron chi connectivity index (χ1n) is 5.17. The van der Waals surface area contributed by atoms with Crippen molar-refractivity contribution in [2.75, 3.05) is 18.8 Å². The molecule has 5 nitrogen and oxygen atoms in total. The summed E-state index contributed by atoms with van der Waals surface area (Å²) >= 11 is 0. The molecule has 0 spiro atoms. The summed E-state index contributed by atoms with van der Waals surface area (Å²) in [5.74, 6) is -0.225. The van der Waals surface area contributed by atoms with E-state index in [0.717, 1.165) is 12.8 Å². The number of sulfonamides is 1. The van der Waals surface area contributed by atoms with Crippen molar-refractivity contribution in [1.82, 2.24) is 4.31 Å². The molecule has 2 aliphatic rings. The fourth-order valence-corrected chi connectivity index (χ4v) is 3.83. The zero-order valence-corrected chi connectivity index (χ0v) is 9.24. The zero-order chi connectivity index (χ0) is 11.1. The van der Waals surface area contributed by atoms with E-state index in [2.05, 4.69) is 0 Å². The molecular formula is C9H15NO4S. The average molecular weight is 233 g/mol. The monoisotopic (exact) mass is 233 g/mol. The molecule has 1 heterocycles. The normalized spacial score (nSPS) is 23.7. The van der Waals surface area contributed by atoms with Crippen molar-refractivity contribution < 1.29 is 18.3 Å². The maximum Gasteiger partial charge on any atom is 0.303 e. The number of carbonyl (C=O) groups is 1. The minimum atomic E-state index is -3.09. The molecule has 86 valence electrons. The molecule has 6 heteroatoms. The lowest BCUT2D eigenvalue weighted by molar-refractivity contribution is -0.139. The molecule has 1 saturated carbocycles. The van der Waals surface area contributed by atoms with Crippen LogP contribution < -0.4 is 0 Å². The SMILES string of the molecule is O=C(O)CC1CN(S(=O)(=O)CC2CC2)C1. The molecule has 0 unspecified atom stereocenters. The van der Waals surface area contributed by atoms with E-state index >= 15 is 0 Å². The minimum Gasteiger partial charge on any atom is -0.481 e. The smallest absolute Gasteiger partial charge is 0.303 e. The number of nitrogens with zero attached hydrogens (tertiary/aromatic N) is 1. The van der Waals surface area contributed by atoms with Gasteiger partial charge in [-0.25, -0.2) is 12.7 Å². The minimum absolute atomic E-state index is 0.0106. The second kappa shape index (κ2) is 3.75. The molecule has 0 amide bonds. The summed E-state index contributed by atoms with van der Waals surface area (Å²) in [5.41, 5.74) is 0. The van der Waals surface area contributed by atoms with Gasteiger partial charge < -0.3 is 5.11 Å². The molecule has 1 saturated heterocycles. The zero-order valence-electron chi connectivity index (χ0n) is 8.42. The van der Waals surface area contributed by atoms with Gasteiger partial charge in [0, 0.05) is 13.1 Å². The molecule has 1 aliphatic carbocycles. The van der Waals surface area contributed by atoms with Crippen LogP contribution in [0.3, 0.4) is 0 Å². The lowest BCUT2D eigenvalue weighted by Gasteiger charge is -2.37. The van der Waals surface area contributed by atoms with Crippen molar-refractivity contribution in [3.8, 4) is 0 Å². The summed E-state index contributed by atoms with van der Waals surface area (Å²) < 4.78 is 24.8. The van der Waals surface area contributed by atoms with Crippen LogP contribution in [0, 0.1) is 11.8 Å². The Morgan fingerprint density at radius 1 is 1.27 bits per heavy atom. The van der Waals surface area contributed by atoms with Gasteiger partial charge in [0.2, 0.25) is 10.0 Å². The predicted octanol–water partition coefficient (Wildman–Crippen LogP) is 0.133. The lowest BCUT2D eigenvalue weighted by Crippen LogP contribution is -2.51. The molecule has 1 aliphatic heterocycles. The van der Waals surface area contributed by atoms with E-state index in [0.29, 0.717) is 19.0 Å². The van der Waals surface area contributed by atoms with Crippen LogP contribution in [0.4, 0.5) is 0 Å². The molecule has 0 radical (unpaired) electrons. The van der Waals surface area contributed by atoms with Crippen LogP contribution in [-0.4, -0.2) is 42.6 Å². The third kappa shape index (κ3) is 2.69. The Balaban J connectivity index is 1.79. The summed E-state index contributed by atoms with van der Waals surface area (Å²) in [6, 6.07) is 0. The Labute approximate surface area is 89.1 Å². The van der Waals surface area contributed by atoms with E-state index in [1.165, 1.54) is 4.31 Å². The lowest BCUT2D eigenvalue weighted by atomic mass is 10.00. The average Bonchev–Trinajstić information content (AvgIpc) is 2.77. The molecule has 2 rings (SSSR count). The standard InChI is InChI=1S/C9H15NO4S/c11-9(12)3-8-4-10(5-8)15(13,14)6-7-1-2-7/h7-8H,1-6H2,(H,11,12). The third-order valence-electron chi connectivity index (χ3n) is 2.92. The highest BCUT2D eigenvalue weighted by Gasteiger charge is 2.39. The quantitative estimate of drug-likeness (QED) is 0.732.